The fourth-order valence-corrected chi connectivity index (χ4v) is 0.716. The summed E-state index contributed by atoms with van der Waals surface area (Å²) < 4.78 is 4.76. The topological polar surface area (TPSA) is 80.5 Å². The predicted octanol–water partition coefficient (Wildman–Crippen LogP) is 3.36. The fraction of sp³-hybridized carbons (Fsp3) is 0.667. The molecule has 6 heteroatoms. The zero-order chi connectivity index (χ0) is 14.4. The molecule has 0 aromatic carbocycles. The van der Waals surface area contributed by atoms with E-state index >= 15 is 0 Å². The molecular weight excluding hydrogens is 230 g/mol. The van der Waals surface area contributed by atoms with Gasteiger partial charge in [-0.2, -0.15) is 20.4 Å². The second-order valence-electron chi connectivity index (χ2n) is 2.98. The van der Waals surface area contributed by atoms with E-state index in [1.54, 1.807) is 19.3 Å². The zero-order valence-electron chi connectivity index (χ0n) is 12.4. The molecule has 2 aromatic rings. The van der Waals surface area contributed by atoms with Gasteiger partial charge in [-0.05, 0) is 0 Å². The average molecular weight is 255 g/mol. The van der Waals surface area contributed by atoms with E-state index in [1.807, 2.05) is 41.5 Å². The van der Waals surface area contributed by atoms with Crippen molar-refractivity contribution in [2.24, 2.45) is 0 Å². The molecule has 0 atom stereocenters. The third kappa shape index (κ3) is 9.50. The van der Waals surface area contributed by atoms with Crippen molar-refractivity contribution in [3.8, 4) is 0 Å². The van der Waals surface area contributed by atoms with Crippen LogP contribution in [0.25, 0.3) is 0 Å². The maximum atomic E-state index is 4.76. The Morgan fingerprint density at radius 2 is 1.56 bits per heavy atom. The van der Waals surface area contributed by atoms with E-state index in [-0.39, 0.29) is 0 Å². The van der Waals surface area contributed by atoms with E-state index in [4.69, 9.17) is 4.52 Å². The molecule has 2 aromatic heterocycles. The van der Waals surface area contributed by atoms with Crippen molar-refractivity contribution in [2.45, 2.75) is 54.4 Å². The highest BCUT2D eigenvalue weighted by Crippen LogP contribution is 2.07. The Morgan fingerprint density at radius 1 is 1.06 bits per heavy atom. The summed E-state index contributed by atoms with van der Waals surface area (Å²) in [7, 11) is 0. The monoisotopic (exact) mass is 255 g/mol. The maximum absolute atomic E-state index is 4.76. The van der Waals surface area contributed by atoms with Gasteiger partial charge in [-0.1, -0.05) is 46.7 Å². The standard InChI is InChI=1S/C6H10N2O.C2H3N3.2C2H6/c1-4(2)6-7-5(3)9-8-6;1-2-4-5-3-1;2*1-2/h4H,1-3H3;1-2H,(H,3,4,5);2*1-2H3. The number of hydrogen-bond donors (Lipinski definition) is 1. The number of aromatic amines is 1. The highest BCUT2D eigenvalue weighted by molar-refractivity contribution is 4.89. The predicted molar refractivity (Wildman–Crippen MR) is 72.2 cm³/mol. The number of H-pyrrole nitrogens is 1. The zero-order valence-corrected chi connectivity index (χ0v) is 12.4. The molecule has 0 saturated carbocycles. The number of rotatable bonds is 1. The molecule has 0 aliphatic heterocycles. The molecule has 18 heavy (non-hydrogen) atoms. The summed E-state index contributed by atoms with van der Waals surface area (Å²) >= 11 is 0. The molecule has 0 spiro atoms. The second kappa shape index (κ2) is 13.3. The van der Waals surface area contributed by atoms with Gasteiger partial charge in [0.1, 0.15) is 0 Å². The summed E-state index contributed by atoms with van der Waals surface area (Å²) in [5, 5.41) is 13.1. The number of nitrogens with one attached hydrogen (secondary N) is 1. The van der Waals surface area contributed by atoms with Crippen LogP contribution in [0.1, 0.15) is 59.2 Å². The van der Waals surface area contributed by atoms with Crippen LogP contribution in [0.15, 0.2) is 16.9 Å². The average Bonchev–Trinajstić information content (AvgIpc) is 3.07. The van der Waals surface area contributed by atoms with E-state index < -0.39 is 0 Å². The summed E-state index contributed by atoms with van der Waals surface area (Å²) in [6.07, 6.45) is 3.17. The highest BCUT2D eigenvalue weighted by atomic mass is 16.5. The van der Waals surface area contributed by atoms with Gasteiger partial charge < -0.3 is 4.52 Å². The van der Waals surface area contributed by atoms with E-state index in [1.165, 1.54) is 0 Å². The number of aryl methyl sites for hydroxylation is 1. The van der Waals surface area contributed by atoms with E-state index in [9.17, 15) is 0 Å². The van der Waals surface area contributed by atoms with Crippen molar-refractivity contribution in [3.63, 3.8) is 0 Å². The van der Waals surface area contributed by atoms with Gasteiger partial charge in [-0.15, -0.1) is 0 Å². The van der Waals surface area contributed by atoms with Gasteiger partial charge in [0.2, 0.25) is 5.89 Å². The first-order valence-corrected chi connectivity index (χ1v) is 6.30. The minimum absolute atomic E-state index is 0.363. The smallest absolute Gasteiger partial charge is 0.223 e. The first kappa shape index (κ1) is 18.6. The minimum Gasteiger partial charge on any atom is -0.340 e. The summed E-state index contributed by atoms with van der Waals surface area (Å²) in [5.41, 5.74) is 0. The van der Waals surface area contributed by atoms with Crippen LogP contribution in [-0.2, 0) is 0 Å². The molecule has 1 N–H and O–H groups in total. The molecule has 0 saturated heterocycles. The largest absolute Gasteiger partial charge is 0.340 e. The lowest BCUT2D eigenvalue weighted by molar-refractivity contribution is 0.385. The third-order valence-corrected chi connectivity index (χ3v) is 1.39. The molecule has 0 fully saturated rings. The molecule has 0 radical (unpaired) electrons. The van der Waals surface area contributed by atoms with Crippen molar-refractivity contribution < 1.29 is 4.52 Å². The first-order valence-electron chi connectivity index (χ1n) is 6.30. The van der Waals surface area contributed by atoms with Gasteiger partial charge in [0, 0.05) is 12.8 Å². The van der Waals surface area contributed by atoms with Crippen LogP contribution in [0.3, 0.4) is 0 Å². The molecular formula is C12H25N5O. The van der Waals surface area contributed by atoms with Gasteiger partial charge in [-0.25, -0.2) is 0 Å². The van der Waals surface area contributed by atoms with Crippen molar-refractivity contribution >= 4 is 0 Å². The van der Waals surface area contributed by atoms with E-state index in [0.29, 0.717) is 11.8 Å². The van der Waals surface area contributed by atoms with Crippen molar-refractivity contribution in [3.05, 3.63) is 24.1 Å². The van der Waals surface area contributed by atoms with Crippen molar-refractivity contribution in [1.29, 1.82) is 0 Å². The van der Waals surface area contributed by atoms with Crippen molar-refractivity contribution in [1.82, 2.24) is 25.6 Å². The molecule has 104 valence electrons. The molecule has 2 heterocycles. The normalized spacial score (nSPS) is 8.22. The summed E-state index contributed by atoms with van der Waals surface area (Å²) in [6, 6.07) is 0. The Bertz CT molecular complexity index is 326. The van der Waals surface area contributed by atoms with Gasteiger partial charge in [0.25, 0.3) is 0 Å². The Labute approximate surface area is 109 Å². The van der Waals surface area contributed by atoms with Gasteiger partial charge in [-0.3, -0.25) is 0 Å². The molecule has 0 bridgehead atoms. The van der Waals surface area contributed by atoms with Gasteiger partial charge >= 0.3 is 0 Å². The van der Waals surface area contributed by atoms with Crippen LogP contribution in [0.2, 0.25) is 0 Å². The van der Waals surface area contributed by atoms with Crippen LogP contribution in [0, 0.1) is 6.92 Å². The van der Waals surface area contributed by atoms with Crippen LogP contribution in [0.5, 0.6) is 0 Å². The van der Waals surface area contributed by atoms with Gasteiger partial charge in [0.05, 0.1) is 12.4 Å². The molecule has 0 amide bonds. The lowest BCUT2D eigenvalue weighted by Gasteiger charge is -1.90. The Kier molecular flexibility index (Phi) is 13.8. The van der Waals surface area contributed by atoms with Crippen LogP contribution in [-0.4, -0.2) is 25.6 Å². The summed E-state index contributed by atoms with van der Waals surface area (Å²) in [6.45, 7) is 13.9. The Hall–Kier alpha value is -1.72. The second-order valence-corrected chi connectivity index (χ2v) is 2.98. The minimum atomic E-state index is 0.363. The van der Waals surface area contributed by atoms with Gasteiger partial charge in [0.15, 0.2) is 5.82 Å². The molecule has 0 aliphatic rings. The maximum Gasteiger partial charge on any atom is 0.223 e. The van der Waals surface area contributed by atoms with Crippen molar-refractivity contribution in [2.75, 3.05) is 0 Å². The fourth-order valence-electron chi connectivity index (χ4n) is 0.716. The Morgan fingerprint density at radius 3 is 1.72 bits per heavy atom. The lowest BCUT2D eigenvalue weighted by Crippen LogP contribution is -1.88. The molecule has 0 unspecified atom stereocenters. The Balaban J connectivity index is 0. The van der Waals surface area contributed by atoms with E-state index in [2.05, 4.69) is 25.6 Å². The lowest BCUT2D eigenvalue weighted by atomic mass is 10.2. The third-order valence-electron chi connectivity index (χ3n) is 1.39. The number of hydrogen-bond acceptors (Lipinski definition) is 5. The molecule has 0 aliphatic carbocycles. The SMILES string of the molecule is CC.CC.Cc1nc(C(C)C)no1.c1cn[nH]n1. The van der Waals surface area contributed by atoms with Crippen LogP contribution >= 0.6 is 0 Å². The summed E-state index contributed by atoms with van der Waals surface area (Å²) in [5.74, 6) is 1.79. The van der Waals surface area contributed by atoms with E-state index in [0.717, 1.165) is 5.82 Å². The highest BCUT2D eigenvalue weighted by Gasteiger charge is 2.04. The number of aromatic nitrogens is 5. The van der Waals surface area contributed by atoms with Crippen LogP contribution in [0.4, 0.5) is 0 Å². The molecule has 2 rings (SSSR count). The summed E-state index contributed by atoms with van der Waals surface area (Å²) in [4.78, 5) is 4.03. The molecule has 6 nitrogen and oxygen atoms in total. The first-order chi connectivity index (χ1) is 8.70. The number of nitrogens with zero attached hydrogens (tertiary/aromatic N) is 4. The quantitative estimate of drug-likeness (QED) is 0.845. The van der Waals surface area contributed by atoms with Crippen LogP contribution < -0.4 is 0 Å².